The molecule has 2 heterocycles. The Kier molecular flexibility index (Phi) is 3.61. The summed E-state index contributed by atoms with van der Waals surface area (Å²) in [5.41, 5.74) is 12.4. The van der Waals surface area contributed by atoms with Gasteiger partial charge in [-0.25, -0.2) is 9.18 Å². The van der Waals surface area contributed by atoms with Crippen molar-refractivity contribution in [2.45, 2.75) is 31.3 Å². The standard InChI is InChI=1S/C19H22FN5O3/c1-28-17-15-12(18(26)23-19(27)25(15)9-3-4-9)14(22)13(20)16(17)24-6-8-2-5-11(21)10(8)7-24/h2,9-11H,3-7,21-22H2,1H3,(H,23,26,27). The number of rotatable bonds is 3. The third kappa shape index (κ3) is 2.25. The van der Waals surface area contributed by atoms with Gasteiger partial charge in [0.25, 0.3) is 5.56 Å². The number of fused-ring (bicyclic) bond motifs is 2. The summed E-state index contributed by atoms with van der Waals surface area (Å²) in [6.07, 6.45) is 4.55. The van der Waals surface area contributed by atoms with Crippen molar-refractivity contribution >= 4 is 22.3 Å². The summed E-state index contributed by atoms with van der Waals surface area (Å²) in [6, 6.07) is -0.0353. The Hall–Kier alpha value is -2.81. The van der Waals surface area contributed by atoms with E-state index in [1.165, 1.54) is 17.3 Å². The van der Waals surface area contributed by atoms with E-state index >= 15 is 4.39 Å². The number of aromatic nitrogens is 2. The quantitative estimate of drug-likeness (QED) is 0.531. The number of nitrogen functional groups attached to an aromatic ring is 1. The van der Waals surface area contributed by atoms with Crippen molar-refractivity contribution in [3.8, 4) is 5.75 Å². The lowest BCUT2D eigenvalue weighted by Gasteiger charge is -2.25. The summed E-state index contributed by atoms with van der Waals surface area (Å²) in [5.74, 6) is -0.373. The van der Waals surface area contributed by atoms with Crippen molar-refractivity contribution in [3.63, 3.8) is 0 Å². The van der Waals surface area contributed by atoms with Crippen LogP contribution in [0.2, 0.25) is 0 Å². The molecule has 5 rings (SSSR count). The zero-order chi connectivity index (χ0) is 19.7. The van der Waals surface area contributed by atoms with E-state index in [0.717, 1.165) is 19.3 Å². The van der Waals surface area contributed by atoms with E-state index < -0.39 is 17.1 Å². The lowest BCUT2D eigenvalue weighted by molar-refractivity contribution is 0.412. The van der Waals surface area contributed by atoms with Crippen molar-refractivity contribution in [3.05, 3.63) is 38.3 Å². The normalized spacial score (nSPS) is 24.0. The number of nitrogens with one attached hydrogen (secondary N) is 1. The van der Waals surface area contributed by atoms with Gasteiger partial charge in [-0.05, 0) is 24.8 Å². The molecular weight excluding hydrogens is 365 g/mol. The molecule has 9 heteroatoms. The van der Waals surface area contributed by atoms with Crippen LogP contribution in [-0.4, -0.2) is 35.8 Å². The fourth-order valence-corrected chi connectivity index (χ4v) is 4.63. The van der Waals surface area contributed by atoms with E-state index in [0.29, 0.717) is 13.1 Å². The summed E-state index contributed by atoms with van der Waals surface area (Å²) in [5, 5.41) is -0.0418. The number of halogens is 1. The number of H-pyrrole nitrogens is 1. The van der Waals surface area contributed by atoms with Crippen LogP contribution >= 0.6 is 0 Å². The molecule has 0 spiro atoms. The van der Waals surface area contributed by atoms with Gasteiger partial charge in [-0.3, -0.25) is 14.3 Å². The van der Waals surface area contributed by atoms with Gasteiger partial charge in [-0.1, -0.05) is 6.08 Å². The van der Waals surface area contributed by atoms with Crippen LogP contribution in [0.3, 0.4) is 0 Å². The molecule has 1 aromatic heterocycles. The molecule has 2 aliphatic carbocycles. The molecule has 1 aromatic carbocycles. The molecule has 2 aromatic rings. The Morgan fingerprint density at radius 2 is 2.07 bits per heavy atom. The zero-order valence-corrected chi connectivity index (χ0v) is 15.5. The van der Waals surface area contributed by atoms with Gasteiger partial charge in [0, 0.05) is 31.1 Å². The second kappa shape index (κ2) is 5.84. The number of anilines is 2. The van der Waals surface area contributed by atoms with Gasteiger partial charge < -0.3 is 21.1 Å². The monoisotopic (exact) mass is 387 g/mol. The second-order valence-electron chi connectivity index (χ2n) is 7.86. The minimum atomic E-state index is -0.707. The third-order valence-corrected chi connectivity index (χ3v) is 6.16. The molecular formula is C19H22FN5O3. The fourth-order valence-electron chi connectivity index (χ4n) is 4.63. The van der Waals surface area contributed by atoms with E-state index in [2.05, 4.69) is 11.1 Å². The van der Waals surface area contributed by atoms with Crippen molar-refractivity contribution in [2.24, 2.45) is 11.7 Å². The summed E-state index contributed by atoms with van der Waals surface area (Å²) < 4.78 is 22.5. The van der Waals surface area contributed by atoms with Crippen molar-refractivity contribution in [1.82, 2.24) is 9.55 Å². The molecule has 0 radical (unpaired) electrons. The van der Waals surface area contributed by atoms with Crippen molar-refractivity contribution < 1.29 is 9.13 Å². The van der Waals surface area contributed by atoms with Gasteiger partial charge in [-0.2, -0.15) is 0 Å². The van der Waals surface area contributed by atoms with E-state index in [9.17, 15) is 9.59 Å². The molecule has 1 saturated carbocycles. The molecule has 2 fully saturated rings. The van der Waals surface area contributed by atoms with Gasteiger partial charge in [0.05, 0.1) is 18.2 Å². The highest BCUT2D eigenvalue weighted by Crippen LogP contribution is 2.47. The Labute approximate surface area is 159 Å². The highest BCUT2D eigenvalue weighted by Gasteiger charge is 2.39. The number of hydrogen-bond donors (Lipinski definition) is 3. The molecule has 148 valence electrons. The molecule has 1 saturated heterocycles. The minimum absolute atomic E-state index is 0.0133. The maximum absolute atomic E-state index is 15.4. The van der Waals surface area contributed by atoms with E-state index in [-0.39, 0.29) is 46.0 Å². The number of nitrogens with zero attached hydrogens (tertiary/aromatic N) is 2. The van der Waals surface area contributed by atoms with Crippen LogP contribution in [0.5, 0.6) is 5.75 Å². The summed E-state index contributed by atoms with van der Waals surface area (Å²) >= 11 is 0. The number of nitrogens with two attached hydrogens (primary N) is 2. The predicted octanol–water partition coefficient (Wildman–Crippen LogP) is 0.848. The summed E-state index contributed by atoms with van der Waals surface area (Å²) in [6.45, 7) is 1.07. The number of ether oxygens (including phenoxy) is 1. The fraction of sp³-hybridized carbons (Fsp3) is 0.474. The first-order chi connectivity index (χ1) is 13.4. The average Bonchev–Trinajstić information content (AvgIpc) is 3.30. The summed E-state index contributed by atoms with van der Waals surface area (Å²) in [4.78, 5) is 29.1. The lowest BCUT2D eigenvalue weighted by atomic mass is 10.0. The van der Waals surface area contributed by atoms with Gasteiger partial charge in [-0.15, -0.1) is 0 Å². The largest absolute Gasteiger partial charge is 0.492 e. The van der Waals surface area contributed by atoms with Crippen LogP contribution in [0, 0.1) is 11.7 Å². The van der Waals surface area contributed by atoms with Gasteiger partial charge >= 0.3 is 5.69 Å². The molecule has 1 aliphatic heterocycles. The van der Waals surface area contributed by atoms with E-state index in [4.69, 9.17) is 16.2 Å². The topological polar surface area (TPSA) is 119 Å². The third-order valence-electron chi connectivity index (χ3n) is 6.16. The van der Waals surface area contributed by atoms with Gasteiger partial charge in [0.2, 0.25) is 0 Å². The van der Waals surface area contributed by atoms with Crippen LogP contribution in [0.4, 0.5) is 15.8 Å². The smallest absolute Gasteiger partial charge is 0.329 e. The number of methoxy groups -OCH3 is 1. The number of hydrogen-bond acceptors (Lipinski definition) is 6. The van der Waals surface area contributed by atoms with Crippen LogP contribution in [0.15, 0.2) is 21.2 Å². The first-order valence-electron chi connectivity index (χ1n) is 9.45. The van der Waals surface area contributed by atoms with Crippen LogP contribution in [-0.2, 0) is 0 Å². The average molecular weight is 387 g/mol. The zero-order valence-electron chi connectivity index (χ0n) is 15.5. The van der Waals surface area contributed by atoms with Gasteiger partial charge in [0.15, 0.2) is 11.6 Å². The molecule has 3 aliphatic rings. The van der Waals surface area contributed by atoms with Crippen molar-refractivity contribution in [1.29, 1.82) is 0 Å². The first-order valence-corrected chi connectivity index (χ1v) is 9.45. The molecule has 5 N–H and O–H groups in total. The van der Waals surface area contributed by atoms with Crippen LogP contribution in [0.25, 0.3) is 10.9 Å². The van der Waals surface area contributed by atoms with E-state index in [1.807, 2.05) is 4.90 Å². The highest BCUT2D eigenvalue weighted by molar-refractivity contribution is 6.00. The number of benzene rings is 1. The second-order valence-corrected chi connectivity index (χ2v) is 7.86. The minimum Gasteiger partial charge on any atom is -0.492 e. The SMILES string of the molecule is COc1c(N2CC3=CCC(N)C3C2)c(F)c(N)c2c(=O)[nH]c(=O)n(C3CC3)c12. The van der Waals surface area contributed by atoms with Crippen LogP contribution in [0.1, 0.15) is 25.3 Å². The Morgan fingerprint density at radius 3 is 2.71 bits per heavy atom. The molecule has 2 atom stereocenters. The Bertz CT molecular complexity index is 1150. The highest BCUT2D eigenvalue weighted by atomic mass is 19.1. The number of aromatic amines is 1. The first kappa shape index (κ1) is 17.3. The van der Waals surface area contributed by atoms with E-state index in [1.54, 1.807) is 0 Å². The maximum atomic E-state index is 15.4. The predicted molar refractivity (Wildman–Crippen MR) is 104 cm³/mol. The van der Waals surface area contributed by atoms with Gasteiger partial charge in [0.1, 0.15) is 11.2 Å². The molecule has 28 heavy (non-hydrogen) atoms. The Balaban J connectivity index is 1.81. The Morgan fingerprint density at radius 1 is 1.32 bits per heavy atom. The van der Waals surface area contributed by atoms with Crippen molar-refractivity contribution in [2.75, 3.05) is 30.8 Å². The molecule has 0 bridgehead atoms. The lowest BCUT2D eigenvalue weighted by Crippen LogP contribution is -2.33. The summed E-state index contributed by atoms with van der Waals surface area (Å²) in [7, 11) is 1.42. The maximum Gasteiger partial charge on any atom is 0.329 e. The molecule has 2 unspecified atom stereocenters. The van der Waals surface area contributed by atoms with Crippen LogP contribution < -0.4 is 32.4 Å². The molecule has 8 nitrogen and oxygen atoms in total. The molecule has 0 amide bonds.